The summed E-state index contributed by atoms with van der Waals surface area (Å²) in [5, 5.41) is 9.90. The lowest BCUT2D eigenvalue weighted by Gasteiger charge is -2.55. The Morgan fingerprint density at radius 2 is 1.66 bits per heavy atom. The monoisotopic (exact) mass is 569 g/mol. The summed E-state index contributed by atoms with van der Waals surface area (Å²) in [6, 6.07) is 0. The van der Waals surface area contributed by atoms with Gasteiger partial charge in [-0.05, 0) is 71.6 Å². The molecule has 0 radical (unpaired) electrons. The smallest absolute Gasteiger partial charge is 0.410 e. The summed E-state index contributed by atoms with van der Waals surface area (Å²) in [6.45, 7) is 13.2. The molecule has 228 valence electrons. The summed E-state index contributed by atoms with van der Waals surface area (Å²) in [5.74, 6) is 0.874. The van der Waals surface area contributed by atoms with E-state index in [9.17, 15) is 14.7 Å². The second kappa shape index (κ2) is 12.5. The van der Waals surface area contributed by atoms with Gasteiger partial charge in [0.2, 0.25) is 0 Å². The summed E-state index contributed by atoms with van der Waals surface area (Å²) >= 11 is 0. The van der Waals surface area contributed by atoms with E-state index in [1.807, 2.05) is 23.6 Å². The molecule has 41 heavy (non-hydrogen) atoms. The number of carbonyl (C=O) groups excluding carboxylic acids is 2. The van der Waals surface area contributed by atoms with Crippen LogP contribution in [0.4, 0.5) is 4.79 Å². The van der Waals surface area contributed by atoms with Crippen molar-refractivity contribution in [3.05, 3.63) is 23.3 Å². The fraction of sp³-hybridized carbons (Fsp3) is 0.812. The van der Waals surface area contributed by atoms with Gasteiger partial charge in [-0.3, -0.25) is 9.69 Å². The van der Waals surface area contributed by atoms with Crippen LogP contribution in [0, 0.1) is 25.7 Å². The average Bonchev–Trinajstić information content (AvgIpc) is 2.95. The molecule has 9 heteroatoms. The van der Waals surface area contributed by atoms with Crippen LogP contribution < -0.4 is 0 Å². The number of unbranched alkanes of at least 4 members (excludes halogenated alkanes) is 1. The molecule has 4 heterocycles. The van der Waals surface area contributed by atoms with Gasteiger partial charge in [0.05, 0.1) is 23.1 Å². The van der Waals surface area contributed by atoms with Gasteiger partial charge < -0.3 is 19.6 Å². The molecule has 1 aromatic heterocycles. The van der Waals surface area contributed by atoms with Crippen LogP contribution in [0.1, 0.15) is 106 Å². The van der Waals surface area contributed by atoms with E-state index in [-0.39, 0.29) is 29.2 Å². The number of hydrogen-bond donors (Lipinski definition) is 1. The van der Waals surface area contributed by atoms with Crippen LogP contribution in [0.25, 0.3) is 0 Å². The van der Waals surface area contributed by atoms with Gasteiger partial charge in [-0.2, -0.15) is 0 Å². The van der Waals surface area contributed by atoms with Crippen molar-refractivity contribution in [3.8, 4) is 0 Å². The summed E-state index contributed by atoms with van der Waals surface area (Å²) in [4.78, 5) is 41.7. The van der Waals surface area contributed by atoms with Gasteiger partial charge in [0, 0.05) is 63.6 Å². The predicted molar refractivity (Wildman–Crippen MR) is 158 cm³/mol. The van der Waals surface area contributed by atoms with Gasteiger partial charge in [0.15, 0.2) is 0 Å². The summed E-state index contributed by atoms with van der Waals surface area (Å²) in [7, 11) is 0. The van der Waals surface area contributed by atoms with Gasteiger partial charge in [0.25, 0.3) is 5.91 Å². The van der Waals surface area contributed by atoms with Crippen LogP contribution in [-0.2, 0) is 4.74 Å². The third-order valence-electron chi connectivity index (χ3n) is 10.9. The molecule has 1 N–H and O–H groups in total. The van der Waals surface area contributed by atoms with Crippen LogP contribution in [-0.4, -0.2) is 98.3 Å². The number of aromatic nitrogens is 2. The van der Waals surface area contributed by atoms with E-state index in [0.717, 1.165) is 121 Å². The summed E-state index contributed by atoms with van der Waals surface area (Å²) < 4.78 is 6.43. The molecular weight excluding hydrogens is 518 g/mol. The number of aliphatic hydroxyl groups excluding tert-OH is 1. The fourth-order valence-corrected chi connectivity index (χ4v) is 7.93. The number of piperidine rings is 2. The minimum Gasteiger partial charge on any atom is -0.442 e. The maximum absolute atomic E-state index is 13.3. The Hall–Kier alpha value is -2.26. The number of amides is 2. The van der Waals surface area contributed by atoms with Crippen molar-refractivity contribution < 1.29 is 19.4 Å². The Morgan fingerprint density at radius 3 is 2.27 bits per heavy atom. The minimum atomic E-state index is -0.364. The highest BCUT2D eigenvalue weighted by Crippen LogP contribution is 2.43. The lowest BCUT2D eigenvalue weighted by atomic mass is 9.74. The molecule has 1 aromatic rings. The normalized spacial score (nSPS) is 28.5. The van der Waals surface area contributed by atoms with Crippen LogP contribution in [0.2, 0.25) is 0 Å². The highest BCUT2D eigenvalue weighted by Gasteiger charge is 2.51. The standard InChI is InChI=1S/C32H51N5O4/c1-5-6-7-26-21-36(20-25-8-10-27(38)11-9-25)30(40)41-32(26)14-18-37(19-15-32)31(4)12-16-35(17-13-31)29(39)28-23(2)33-22-34-24(28)3/h22,25-27,38H,5-21H2,1-4H3/t25-,26?,27-. The van der Waals surface area contributed by atoms with Crippen LogP contribution in [0.15, 0.2) is 6.33 Å². The first-order valence-electron chi connectivity index (χ1n) is 16.1. The second-order valence-corrected chi connectivity index (χ2v) is 13.5. The molecule has 1 saturated carbocycles. The molecule has 0 aromatic carbocycles. The number of nitrogens with zero attached hydrogens (tertiary/aromatic N) is 5. The highest BCUT2D eigenvalue weighted by atomic mass is 16.6. The third kappa shape index (κ3) is 6.41. The predicted octanol–water partition coefficient (Wildman–Crippen LogP) is 4.73. The van der Waals surface area contributed by atoms with E-state index in [2.05, 4.69) is 28.7 Å². The molecule has 9 nitrogen and oxygen atoms in total. The quantitative estimate of drug-likeness (QED) is 0.507. The Bertz CT molecular complexity index is 1050. The van der Waals surface area contributed by atoms with Gasteiger partial charge in [-0.1, -0.05) is 19.8 Å². The lowest BCUT2D eigenvalue weighted by Crippen LogP contribution is -2.64. The minimum absolute atomic E-state index is 0.0326. The van der Waals surface area contributed by atoms with Crippen LogP contribution in [0.5, 0.6) is 0 Å². The maximum atomic E-state index is 13.3. The van der Waals surface area contributed by atoms with Gasteiger partial charge in [-0.15, -0.1) is 0 Å². The van der Waals surface area contributed by atoms with E-state index in [1.54, 1.807) is 0 Å². The zero-order valence-corrected chi connectivity index (χ0v) is 25.7. The Morgan fingerprint density at radius 1 is 1.02 bits per heavy atom. The maximum Gasteiger partial charge on any atom is 0.410 e. The number of ether oxygens (including phenoxy) is 1. The van der Waals surface area contributed by atoms with Gasteiger partial charge >= 0.3 is 6.09 Å². The van der Waals surface area contributed by atoms with Crippen molar-refractivity contribution in [2.75, 3.05) is 39.3 Å². The zero-order valence-electron chi connectivity index (χ0n) is 25.7. The highest BCUT2D eigenvalue weighted by molar-refractivity contribution is 5.96. The molecule has 1 unspecified atom stereocenters. The molecule has 4 fully saturated rings. The largest absolute Gasteiger partial charge is 0.442 e. The fourth-order valence-electron chi connectivity index (χ4n) is 7.93. The van der Waals surface area contributed by atoms with E-state index in [0.29, 0.717) is 17.4 Å². The van der Waals surface area contributed by atoms with Crippen molar-refractivity contribution in [2.45, 2.75) is 116 Å². The molecule has 3 aliphatic heterocycles. The molecule has 4 aliphatic rings. The molecular formula is C32H51N5O4. The topological polar surface area (TPSA) is 99.1 Å². The van der Waals surface area contributed by atoms with Gasteiger partial charge in [-0.25, -0.2) is 14.8 Å². The van der Waals surface area contributed by atoms with E-state index >= 15 is 0 Å². The molecule has 5 rings (SSSR count). The van der Waals surface area contributed by atoms with Crippen molar-refractivity contribution >= 4 is 12.0 Å². The Kier molecular flexibility index (Phi) is 9.24. The van der Waals surface area contributed by atoms with Crippen LogP contribution >= 0.6 is 0 Å². The molecule has 1 atom stereocenters. The van der Waals surface area contributed by atoms with Crippen molar-refractivity contribution in [1.82, 2.24) is 24.7 Å². The number of likely N-dealkylation sites (tertiary alicyclic amines) is 2. The Labute approximate surface area is 246 Å². The first-order chi connectivity index (χ1) is 19.6. The molecule has 1 spiro atoms. The molecule has 0 bridgehead atoms. The number of hydrogen-bond acceptors (Lipinski definition) is 7. The third-order valence-corrected chi connectivity index (χ3v) is 10.9. The number of aryl methyl sites for hydroxylation is 2. The number of carbonyl (C=O) groups is 2. The SMILES string of the molecule is CCCCC1CN(C[C@H]2CC[C@H](O)CC2)C(=O)OC12CCN(C1(C)CCN(C(=O)c3c(C)ncnc3C)CC1)CC2. The Balaban J connectivity index is 1.19. The first kappa shape index (κ1) is 30.2. The first-order valence-corrected chi connectivity index (χ1v) is 16.1. The molecule has 1 aliphatic carbocycles. The number of rotatable bonds is 7. The molecule has 2 amide bonds. The van der Waals surface area contributed by atoms with Crippen molar-refractivity contribution in [2.24, 2.45) is 11.8 Å². The van der Waals surface area contributed by atoms with Crippen LogP contribution in [0.3, 0.4) is 0 Å². The zero-order chi connectivity index (χ0) is 29.2. The van der Waals surface area contributed by atoms with E-state index < -0.39 is 0 Å². The summed E-state index contributed by atoms with van der Waals surface area (Å²) in [6.07, 6.45) is 11.9. The van der Waals surface area contributed by atoms with E-state index in [1.165, 1.54) is 6.33 Å². The van der Waals surface area contributed by atoms with Crippen molar-refractivity contribution in [3.63, 3.8) is 0 Å². The van der Waals surface area contributed by atoms with Crippen molar-refractivity contribution in [1.29, 1.82) is 0 Å². The number of aliphatic hydroxyl groups is 1. The lowest BCUT2D eigenvalue weighted by molar-refractivity contribution is -0.134. The van der Waals surface area contributed by atoms with E-state index in [4.69, 9.17) is 4.74 Å². The van der Waals surface area contributed by atoms with Gasteiger partial charge in [0.1, 0.15) is 11.9 Å². The molecule has 3 saturated heterocycles. The second-order valence-electron chi connectivity index (χ2n) is 13.5. The average molecular weight is 570 g/mol. The summed E-state index contributed by atoms with van der Waals surface area (Å²) in [5.41, 5.74) is 1.80.